The van der Waals surface area contributed by atoms with E-state index in [-0.39, 0.29) is 24.6 Å². The lowest BCUT2D eigenvalue weighted by atomic mass is 10.2. The predicted molar refractivity (Wildman–Crippen MR) is 136 cm³/mol. The highest BCUT2D eigenvalue weighted by Gasteiger charge is 2.25. The van der Waals surface area contributed by atoms with E-state index in [4.69, 9.17) is 15.7 Å². The van der Waals surface area contributed by atoms with Crippen molar-refractivity contribution in [3.63, 3.8) is 0 Å². The molecule has 180 valence electrons. The maximum atomic E-state index is 13.4. The normalized spacial score (nSPS) is 10.4. The average molecular weight is 482 g/mol. The number of benzene rings is 3. The topological polar surface area (TPSA) is 134 Å². The van der Waals surface area contributed by atoms with Crippen LogP contribution < -0.4 is 26.6 Å². The van der Waals surface area contributed by atoms with Gasteiger partial charge in [0.1, 0.15) is 11.6 Å². The number of nitrogens with two attached hydrogens (primary N) is 1. The monoisotopic (exact) mass is 481 g/mol. The summed E-state index contributed by atoms with van der Waals surface area (Å²) in [6.45, 7) is -0.243. The molecule has 0 bridgehead atoms. The standard InChI is InChI=1S/C27H23N5O4/c28-15-19-11-13-22(14-12-19)36-18-23(33)31(16-20-7-3-1-4-8-20)24-25(29)32(27(35)30-26(24)34)17-21-9-5-2-6-10-21/h1-14H,16-18,29H2,(H,30,34,35). The van der Waals surface area contributed by atoms with Gasteiger partial charge in [0.2, 0.25) is 0 Å². The molecule has 36 heavy (non-hydrogen) atoms. The minimum absolute atomic E-state index is 0.0349. The van der Waals surface area contributed by atoms with Crippen molar-refractivity contribution < 1.29 is 9.53 Å². The van der Waals surface area contributed by atoms with Crippen LogP contribution in [0.25, 0.3) is 0 Å². The molecular formula is C27H23N5O4. The molecule has 0 saturated heterocycles. The molecule has 0 fully saturated rings. The number of aromatic amines is 1. The van der Waals surface area contributed by atoms with Crippen LogP contribution in [0.2, 0.25) is 0 Å². The summed E-state index contributed by atoms with van der Waals surface area (Å²) >= 11 is 0. The van der Waals surface area contributed by atoms with Gasteiger partial charge in [0.05, 0.1) is 24.7 Å². The third-order valence-corrected chi connectivity index (χ3v) is 5.50. The van der Waals surface area contributed by atoms with Gasteiger partial charge < -0.3 is 10.5 Å². The zero-order valence-corrected chi connectivity index (χ0v) is 19.3. The van der Waals surface area contributed by atoms with Gasteiger partial charge in [-0.1, -0.05) is 60.7 Å². The maximum Gasteiger partial charge on any atom is 0.330 e. The Bertz CT molecular complexity index is 1500. The fraction of sp³-hybridized carbons (Fsp3) is 0.111. The number of nitrogens with one attached hydrogen (secondary N) is 1. The zero-order chi connectivity index (χ0) is 25.5. The molecule has 3 N–H and O–H groups in total. The van der Waals surface area contributed by atoms with Gasteiger partial charge in [-0.05, 0) is 35.4 Å². The number of hydrogen-bond acceptors (Lipinski definition) is 6. The number of hydrogen-bond donors (Lipinski definition) is 2. The molecule has 1 heterocycles. The first-order chi connectivity index (χ1) is 17.5. The lowest BCUT2D eigenvalue weighted by molar-refractivity contribution is -0.120. The molecule has 0 radical (unpaired) electrons. The Morgan fingerprint density at radius 1 is 0.944 bits per heavy atom. The van der Waals surface area contributed by atoms with E-state index < -0.39 is 23.8 Å². The predicted octanol–water partition coefficient (Wildman–Crippen LogP) is 2.65. The molecule has 0 aliphatic rings. The minimum atomic E-state index is -0.774. The number of H-pyrrole nitrogens is 1. The van der Waals surface area contributed by atoms with Crippen molar-refractivity contribution >= 4 is 17.4 Å². The van der Waals surface area contributed by atoms with E-state index in [1.54, 1.807) is 24.3 Å². The summed E-state index contributed by atoms with van der Waals surface area (Å²) in [5.41, 5.74) is 6.77. The van der Waals surface area contributed by atoms with Crippen LogP contribution in [0.4, 0.5) is 11.5 Å². The number of nitrogens with zero attached hydrogens (tertiary/aromatic N) is 3. The summed E-state index contributed by atoms with van der Waals surface area (Å²) in [4.78, 5) is 42.4. The van der Waals surface area contributed by atoms with Crippen LogP contribution >= 0.6 is 0 Å². The zero-order valence-electron chi connectivity index (χ0n) is 19.3. The molecule has 0 aliphatic heterocycles. The molecule has 4 aromatic rings. The third-order valence-electron chi connectivity index (χ3n) is 5.50. The lowest BCUT2D eigenvalue weighted by Gasteiger charge is -2.25. The smallest absolute Gasteiger partial charge is 0.330 e. The van der Waals surface area contributed by atoms with Crippen molar-refractivity contribution in [1.82, 2.24) is 9.55 Å². The van der Waals surface area contributed by atoms with Gasteiger partial charge >= 0.3 is 5.69 Å². The third kappa shape index (κ3) is 5.51. The molecule has 9 nitrogen and oxygen atoms in total. The molecule has 4 rings (SSSR count). The first kappa shape index (κ1) is 24.0. The van der Waals surface area contributed by atoms with E-state index in [0.717, 1.165) is 11.1 Å². The largest absolute Gasteiger partial charge is 0.484 e. The summed E-state index contributed by atoms with van der Waals surface area (Å²) in [7, 11) is 0. The summed E-state index contributed by atoms with van der Waals surface area (Å²) in [6, 6.07) is 26.6. The van der Waals surface area contributed by atoms with Crippen molar-refractivity contribution in [1.29, 1.82) is 5.26 Å². The van der Waals surface area contributed by atoms with Crippen LogP contribution in [0.5, 0.6) is 5.75 Å². The number of nitriles is 1. The number of nitrogen functional groups attached to an aromatic ring is 1. The van der Waals surface area contributed by atoms with Crippen molar-refractivity contribution in [2.24, 2.45) is 0 Å². The van der Waals surface area contributed by atoms with E-state index in [1.165, 1.54) is 9.47 Å². The van der Waals surface area contributed by atoms with Gasteiger partial charge in [0, 0.05) is 0 Å². The SMILES string of the molecule is N#Cc1ccc(OCC(=O)N(Cc2ccccc2)c2c(N)n(Cc3ccccc3)c(=O)[nH]c2=O)cc1. The van der Waals surface area contributed by atoms with Crippen molar-refractivity contribution in [2.45, 2.75) is 13.1 Å². The van der Waals surface area contributed by atoms with Gasteiger partial charge in [-0.15, -0.1) is 0 Å². The Labute approximate surface area is 206 Å². The Morgan fingerprint density at radius 3 is 2.17 bits per heavy atom. The van der Waals surface area contributed by atoms with Crippen molar-refractivity contribution in [3.8, 4) is 11.8 Å². The Hall–Kier alpha value is -5.10. The van der Waals surface area contributed by atoms with Gasteiger partial charge in [-0.25, -0.2) is 4.79 Å². The second-order valence-electron chi connectivity index (χ2n) is 7.96. The second kappa shape index (κ2) is 10.9. The minimum Gasteiger partial charge on any atom is -0.484 e. The highest BCUT2D eigenvalue weighted by Crippen LogP contribution is 2.21. The number of carbonyl (C=O) groups is 1. The molecule has 0 unspecified atom stereocenters. The summed E-state index contributed by atoms with van der Waals surface area (Å²) in [5, 5.41) is 8.95. The summed E-state index contributed by atoms with van der Waals surface area (Å²) in [5.74, 6) is -0.279. The number of rotatable bonds is 8. The van der Waals surface area contributed by atoms with E-state index in [1.807, 2.05) is 66.7 Å². The first-order valence-corrected chi connectivity index (χ1v) is 11.1. The van der Waals surface area contributed by atoms with Crippen LogP contribution in [0.3, 0.4) is 0 Å². The second-order valence-corrected chi connectivity index (χ2v) is 7.96. The highest BCUT2D eigenvalue weighted by molar-refractivity contribution is 5.96. The molecule has 1 amide bonds. The van der Waals surface area contributed by atoms with Crippen molar-refractivity contribution in [3.05, 3.63) is 122 Å². The van der Waals surface area contributed by atoms with Crippen LogP contribution in [0.15, 0.2) is 94.5 Å². The molecule has 1 aromatic heterocycles. The van der Waals surface area contributed by atoms with Crippen LogP contribution in [0, 0.1) is 11.3 Å². The Balaban J connectivity index is 1.69. The van der Waals surface area contributed by atoms with E-state index in [2.05, 4.69) is 4.98 Å². The molecule has 9 heteroatoms. The Kier molecular flexibility index (Phi) is 7.27. The molecule has 0 atom stereocenters. The van der Waals surface area contributed by atoms with Gasteiger partial charge in [-0.2, -0.15) is 5.26 Å². The first-order valence-electron chi connectivity index (χ1n) is 11.1. The average Bonchev–Trinajstić information content (AvgIpc) is 2.90. The fourth-order valence-electron chi connectivity index (χ4n) is 3.67. The summed E-state index contributed by atoms with van der Waals surface area (Å²) < 4.78 is 6.84. The number of aromatic nitrogens is 2. The number of amides is 1. The van der Waals surface area contributed by atoms with E-state index in [9.17, 15) is 14.4 Å². The highest BCUT2D eigenvalue weighted by atomic mass is 16.5. The molecular weight excluding hydrogens is 458 g/mol. The number of carbonyl (C=O) groups excluding carboxylic acids is 1. The molecule has 0 saturated carbocycles. The number of anilines is 2. The van der Waals surface area contributed by atoms with Gasteiger partial charge in [-0.3, -0.25) is 24.0 Å². The van der Waals surface area contributed by atoms with E-state index in [0.29, 0.717) is 11.3 Å². The summed E-state index contributed by atoms with van der Waals surface area (Å²) in [6.07, 6.45) is 0. The fourth-order valence-corrected chi connectivity index (χ4v) is 3.67. The van der Waals surface area contributed by atoms with Crippen LogP contribution in [0.1, 0.15) is 16.7 Å². The van der Waals surface area contributed by atoms with Gasteiger partial charge in [0.25, 0.3) is 11.5 Å². The van der Waals surface area contributed by atoms with Crippen LogP contribution in [-0.2, 0) is 17.9 Å². The molecule has 0 aliphatic carbocycles. The van der Waals surface area contributed by atoms with Gasteiger partial charge in [0.15, 0.2) is 12.3 Å². The van der Waals surface area contributed by atoms with Crippen molar-refractivity contribution in [2.75, 3.05) is 17.2 Å². The Morgan fingerprint density at radius 2 is 1.56 bits per heavy atom. The maximum absolute atomic E-state index is 13.4. The molecule has 0 spiro atoms. The number of ether oxygens (including phenoxy) is 1. The van der Waals surface area contributed by atoms with Crippen LogP contribution in [-0.4, -0.2) is 22.1 Å². The molecule has 3 aromatic carbocycles. The quantitative estimate of drug-likeness (QED) is 0.397. The van der Waals surface area contributed by atoms with E-state index >= 15 is 0 Å². The lowest BCUT2D eigenvalue weighted by Crippen LogP contribution is -2.42.